The zero-order valence-electron chi connectivity index (χ0n) is 6.04. The first-order valence-corrected chi connectivity index (χ1v) is 4.14. The predicted octanol–water partition coefficient (Wildman–Crippen LogP) is 1.72. The molecule has 5 heteroatoms. The van der Waals surface area contributed by atoms with E-state index < -0.39 is 0 Å². The van der Waals surface area contributed by atoms with E-state index in [0.29, 0.717) is 10.6 Å². The Morgan fingerprint density at radius 3 is 3.08 bits per heavy atom. The number of fused-ring (bicyclic) bond motifs is 1. The summed E-state index contributed by atoms with van der Waals surface area (Å²) in [6, 6.07) is 4.47. The van der Waals surface area contributed by atoms with Crippen LogP contribution in [0.15, 0.2) is 18.2 Å². The van der Waals surface area contributed by atoms with Crippen molar-refractivity contribution in [1.29, 1.82) is 0 Å². The third-order valence-electron chi connectivity index (χ3n) is 1.47. The Morgan fingerprint density at radius 2 is 2.33 bits per heavy atom. The van der Waals surface area contributed by atoms with Gasteiger partial charge in [0.1, 0.15) is 5.82 Å². The Bertz CT molecular complexity index is 412. The van der Waals surface area contributed by atoms with Crippen LogP contribution in [0.4, 0.5) is 9.52 Å². The van der Waals surface area contributed by atoms with E-state index in [2.05, 4.69) is 10.4 Å². The molecule has 0 saturated carbocycles. The molecule has 3 N–H and O–H groups in total. The minimum atomic E-state index is -0.281. The summed E-state index contributed by atoms with van der Waals surface area (Å²) in [4.78, 5) is 4.03. The minimum absolute atomic E-state index is 0.281. The fourth-order valence-corrected chi connectivity index (χ4v) is 1.72. The summed E-state index contributed by atoms with van der Waals surface area (Å²) in [5, 5.41) is 0.593. The molecule has 2 rings (SSSR count). The Morgan fingerprint density at radius 1 is 1.50 bits per heavy atom. The van der Waals surface area contributed by atoms with Gasteiger partial charge >= 0.3 is 0 Å². The van der Waals surface area contributed by atoms with E-state index in [-0.39, 0.29) is 5.82 Å². The average molecular weight is 183 g/mol. The number of nitrogens with two attached hydrogens (primary N) is 1. The molecule has 0 spiro atoms. The number of hydrazine groups is 1. The molecule has 1 aromatic carbocycles. The second-order valence-corrected chi connectivity index (χ2v) is 3.31. The lowest BCUT2D eigenvalue weighted by molar-refractivity contribution is 0.629. The van der Waals surface area contributed by atoms with Gasteiger partial charge in [0.25, 0.3) is 0 Å². The predicted molar refractivity (Wildman–Crippen MR) is 47.4 cm³/mol. The summed E-state index contributed by atoms with van der Waals surface area (Å²) in [5.41, 5.74) is 3.05. The number of benzene rings is 1. The standard InChI is InChI=1S/C7H6FN3S/c8-4-1-2-6-5(3-4)10-7(11-9)12-6/h1-3H,9H2,(H,10,11). The number of hydrogen-bond acceptors (Lipinski definition) is 4. The zero-order chi connectivity index (χ0) is 8.55. The molecular formula is C7H6FN3S. The highest BCUT2D eigenvalue weighted by atomic mass is 32.1. The first-order valence-electron chi connectivity index (χ1n) is 3.32. The van der Waals surface area contributed by atoms with Crippen LogP contribution in [0, 0.1) is 5.82 Å². The molecule has 12 heavy (non-hydrogen) atoms. The van der Waals surface area contributed by atoms with Crippen molar-refractivity contribution in [3.8, 4) is 0 Å². The summed E-state index contributed by atoms with van der Waals surface area (Å²) in [6.07, 6.45) is 0. The number of anilines is 1. The number of halogens is 1. The minimum Gasteiger partial charge on any atom is -0.300 e. The summed E-state index contributed by atoms with van der Waals surface area (Å²) < 4.78 is 13.6. The van der Waals surface area contributed by atoms with E-state index >= 15 is 0 Å². The Labute approximate surface area is 72.0 Å². The molecule has 0 amide bonds. The highest BCUT2D eigenvalue weighted by Gasteiger charge is 2.02. The van der Waals surface area contributed by atoms with E-state index in [4.69, 9.17) is 5.84 Å². The van der Waals surface area contributed by atoms with Crippen molar-refractivity contribution in [2.45, 2.75) is 0 Å². The molecule has 0 bridgehead atoms. The average Bonchev–Trinajstić information content (AvgIpc) is 2.46. The maximum atomic E-state index is 12.7. The van der Waals surface area contributed by atoms with Crippen molar-refractivity contribution in [2.75, 3.05) is 5.43 Å². The Hall–Kier alpha value is -1.20. The molecule has 0 saturated heterocycles. The lowest BCUT2D eigenvalue weighted by Crippen LogP contribution is -2.05. The molecule has 0 fully saturated rings. The lowest BCUT2D eigenvalue weighted by atomic mass is 10.3. The van der Waals surface area contributed by atoms with Crippen LogP contribution in [0.5, 0.6) is 0 Å². The quantitative estimate of drug-likeness (QED) is 0.522. The van der Waals surface area contributed by atoms with Gasteiger partial charge in [0, 0.05) is 6.07 Å². The Kier molecular flexibility index (Phi) is 1.67. The monoisotopic (exact) mass is 183 g/mol. The molecule has 0 unspecified atom stereocenters. The smallest absolute Gasteiger partial charge is 0.198 e. The fourth-order valence-electron chi connectivity index (χ4n) is 0.962. The van der Waals surface area contributed by atoms with Crippen molar-refractivity contribution >= 4 is 26.7 Å². The molecule has 62 valence electrons. The number of thiazole rings is 1. The van der Waals surface area contributed by atoms with Crippen LogP contribution in [-0.2, 0) is 0 Å². The molecule has 0 aliphatic carbocycles. The maximum absolute atomic E-state index is 12.7. The van der Waals surface area contributed by atoms with E-state index in [0.717, 1.165) is 4.70 Å². The number of aromatic nitrogens is 1. The van der Waals surface area contributed by atoms with Crippen LogP contribution in [0.25, 0.3) is 10.2 Å². The van der Waals surface area contributed by atoms with Gasteiger partial charge < -0.3 is 0 Å². The second-order valence-electron chi connectivity index (χ2n) is 2.28. The first kappa shape index (κ1) is 7.45. The van der Waals surface area contributed by atoms with Gasteiger partial charge in [-0.3, -0.25) is 5.43 Å². The maximum Gasteiger partial charge on any atom is 0.198 e. The number of rotatable bonds is 1. The third kappa shape index (κ3) is 1.13. The van der Waals surface area contributed by atoms with Crippen LogP contribution < -0.4 is 11.3 Å². The van der Waals surface area contributed by atoms with Gasteiger partial charge in [-0.15, -0.1) is 0 Å². The van der Waals surface area contributed by atoms with Crippen molar-refractivity contribution < 1.29 is 4.39 Å². The van der Waals surface area contributed by atoms with Crippen molar-refractivity contribution in [1.82, 2.24) is 4.98 Å². The molecule has 0 aliphatic rings. The molecule has 0 aliphatic heterocycles. The van der Waals surface area contributed by atoms with Gasteiger partial charge in [-0.25, -0.2) is 15.2 Å². The molecule has 0 radical (unpaired) electrons. The molecule has 2 aromatic rings. The van der Waals surface area contributed by atoms with Gasteiger partial charge in [-0.2, -0.15) is 0 Å². The van der Waals surface area contributed by atoms with Crippen LogP contribution in [-0.4, -0.2) is 4.98 Å². The van der Waals surface area contributed by atoms with Crippen LogP contribution in [0.2, 0.25) is 0 Å². The number of hydrogen-bond donors (Lipinski definition) is 2. The van der Waals surface area contributed by atoms with Gasteiger partial charge in [-0.05, 0) is 12.1 Å². The number of nitrogens with one attached hydrogen (secondary N) is 1. The number of nitrogen functional groups attached to an aromatic ring is 1. The van der Waals surface area contributed by atoms with Crippen LogP contribution in [0.3, 0.4) is 0 Å². The van der Waals surface area contributed by atoms with Crippen molar-refractivity contribution in [3.63, 3.8) is 0 Å². The fraction of sp³-hybridized carbons (Fsp3) is 0. The molecule has 0 atom stereocenters. The largest absolute Gasteiger partial charge is 0.300 e. The van der Waals surface area contributed by atoms with E-state index in [1.165, 1.54) is 23.5 Å². The summed E-state index contributed by atoms with van der Waals surface area (Å²) in [7, 11) is 0. The Balaban J connectivity index is 2.67. The summed E-state index contributed by atoms with van der Waals surface area (Å²) >= 11 is 1.39. The molecule has 3 nitrogen and oxygen atoms in total. The number of nitrogens with zero attached hydrogens (tertiary/aromatic N) is 1. The normalized spacial score (nSPS) is 10.5. The molecular weight excluding hydrogens is 177 g/mol. The molecule has 1 aromatic heterocycles. The van der Waals surface area contributed by atoms with E-state index in [1.807, 2.05) is 0 Å². The molecule has 1 heterocycles. The highest BCUT2D eigenvalue weighted by Crippen LogP contribution is 2.25. The summed E-state index contributed by atoms with van der Waals surface area (Å²) in [5.74, 6) is 4.87. The van der Waals surface area contributed by atoms with Crippen LogP contribution >= 0.6 is 11.3 Å². The topological polar surface area (TPSA) is 50.9 Å². The van der Waals surface area contributed by atoms with Gasteiger partial charge in [-0.1, -0.05) is 11.3 Å². The van der Waals surface area contributed by atoms with E-state index in [9.17, 15) is 4.39 Å². The SMILES string of the molecule is NNc1nc2cc(F)ccc2s1. The lowest BCUT2D eigenvalue weighted by Gasteiger charge is -1.85. The second kappa shape index (κ2) is 2.69. The van der Waals surface area contributed by atoms with Gasteiger partial charge in [0.05, 0.1) is 10.2 Å². The third-order valence-corrected chi connectivity index (χ3v) is 2.44. The van der Waals surface area contributed by atoms with Gasteiger partial charge in [0.2, 0.25) is 0 Å². The van der Waals surface area contributed by atoms with Gasteiger partial charge in [0.15, 0.2) is 5.13 Å². The first-order chi connectivity index (χ1) is 5.79. The highest BCUT2D eigenvalue weighted by molar-refractivity contribution is 7.22. The van der Waals surface area contributed by atoms with Crippen molar-refractivity contribution in [2.24, 2.45) is 5.84 Å². The van der Waals surface area contributed by atoms with Crippen LogP contribution in [0.1, 0.15) is 0 Å². The zero-order valence-corrected chi connectivity index (χ0v) is 6.86. The summed E-state index contributed by atoms with van der Waals surface area (Å²) in [6.45, 7) is 0. The van der Waals surface area contributed by atoms with E-state index in [1.54, 1.807) is 6.07 Å². The van der Waals surface area contributed by atoms with Crippen molar-refractivity contribution in [3.05, 3.63) is 24.0 Å².